The Kier molecular flexibility index (Phi) is 4.57. The summed E-state index contributed by atoms with van der Waals surface area (Å²) < 4.78 is 5.93. The van der Waals surface area contributed by atoms with Crippen LogP contribution < -0.4 is 4.74 Å². The lowest BCUT2D eigenvalue weighted by Crippen LogP contribution is -2.47. The van der Waals surface area contributed by atoms with Gasteiger partial charge in [-0.25, -0.2) is 0 Å². The second-order valence-corrected chi connectivity index (χ2v) is 7.62. The lowest BCUT2D eigenvalue weighted by molar-refractivity contribution is -0.139. The zero-order valence-electron chi connectivity index (χ0n) is 13.9. The lowest BCUT2D eigenvalue weighted by atomic mass is 9.89. The predicted octanol–water partition coefficient (Wildman–Crippen LogP) is 3.65. The minimum atomic E-state index is -0.384. The number of benzene rings is 2. The van der Waals surface area contributed by atoms with Gasteiger partial charge in [-0.15, -0.1) is 11.8 Å². The largest absolute Gasteiger partial charge is 0.508 e. The van der Waals surface area contributed by atoms with Crippen molar-refractivity contribution in [2.45, 2.75) is 29.8 Å². The number of nitrogens with zero attached hydrogens (tertiary/aromatic N) is 1. The number of rotatable bonds is 2. The molecule has 2 aromatic carbocycles. The van der Waals surface area contributed by atoms with Gasteiger partial charge in [0.05, 0.1) is 0 Å². The Balaban J connectivity index is 1.36. The first-order valence-electron chi connectivity index (χ1n) is 8.67. The number of para-hydroxylation sites is 1. The Morgan fingerprint density at radius 2 is 1.80 bits per heavy atom. The maximum Gasteiger partial charge on any atom is 0.264 e. The van der Waals surface area contributed by atoms with Crippen LogP contribution in [0, 0.1) is 0 Å². The molecule has 0 unspecified atom stereocenters. The Labute approximate surface area is 151 Å². The topological polar surface area (TPSA) is 49.8 Å². The number of fused-ring (bicyclic) bond motifs is 1. The average molecular weight is 355 g/mol. The quantitative estimate of drug-likeness (QED) is 0.893. The van der Waals surface area contributed by atoms with E-state index in [4.69, 9.17) is 4.74 Å². The molecular formula is C20H21NO3S. The molecule has 2 aliphatic rings. The number of hydrogen-bond acceptors (Lipinski definition) is 4. The molecular weight excluding hydrogens is 334 g/mol. The summed E-state index contributed by atoms with van der Waals surface area (Å²) in [5.74, 6) is 2.34. The van der Waals surface area contributed by atoms with Crippen LogP contribution in [-0.4, -0.2) is 40.9 Å². The first-order chi connectivity index (χ1) is 12.2. The maximum absolute atomic E-state index is 12.8. The van der Waals surface area contributed by atoms with Crippen LogP contribution in [0.5, 0.6) is 11.5 Å². The number of hydrogen-bond donors (Lipinski definition) is 1. The molecule has 2 heterocycles. The van der Waals surface area contributed by atoms with E-state index in [1.54, 1.807) is 23.9 Å². The standard InChI is InChI=1S/C20H21NO3S/c22-16-7-5-14(6-8-16)15-9-11-21(12-10-15)20(23)18-13-25-19-4-2-1-3-17(19)24-18/h1-8,15,18,22H,9-13H2/t18-/m1/s1. The summed E-state index contributed by atoms with van der Waals surface area (Å²) in [4.78, 5) is 15.9. The highest BCUT2D eigenvalue weighted by atomic mass is 32.2. The number of likely N-dealkylation sites (tertiary alicyclic amines) is 1. The van der Waals surface area contributed by atoms with E-state index in [2.05, 4.69) is 0 Å². The number of carbonyl (C=O) groups is 1. The fraction of sp³-hybridized carbons (Fsp3) is 0.350. The third-order valence-corrected chi connectivity index (χ3v) is 6.07. The molecule has 25 heavy (non-hydrogen) atoms. The number of piperidine rings is 1. The first kappa shape index (κ1) is 16.3. The fourth-order valence-electron chi connectivity index (χ4n) is 3.52. The van der Waals surface area contributed by atoms with Gasteiger partial charge in [0, 0.05) is 23.7 Å². The maximum atomic E-state index is 12.8. The second kappa shape index (κ2) is 7.00. The van der Waals surface area contributed by atoms with Crippen LogP contribution in [0.3, 0.4) is 0 Å². The monoisotopic (exact) mass is 355 g/mol. The third-order valence-electron chi connectivity index (χ3n) is 4.96. The number of amides is 1. The highest BCUT2D eigenvalue weighted by Gasteiger charge is 2.32. The highest BCUT2D eigenvalue weighted by molar-refractivity contribution is 7.99. The van der Waals surface area contributed by atoms with Crippen LogP contribution >= 0.6 is 11.8 Å². The van der Waals surface area contributed by atoms with Crippen LogP contribution in [0.4, 0.5) is 0 Å². The van der Waals surface area contributed by atoms with Crippen LogP contribution in [0.25, 0.3) is 0 Å². The average Bonchev–Trinajstić information content (AvgIpc) is 2.68. The summed E-state index contributed by atoms with van der Waals surface area (Å²) in [5.41, 5.74) is 1.24. The number of aromatic hydroxyl groups is 1. The Morgan fingerprint density at radius 3 is 2.56 bits per heavy atom. The van der Waals surface area contributed by atoms with E-state index in [1.165, 1.54) is 5.56 Å². The van der Waals surface area contributed by atoms with Crippen molar-refractivity contribution < 1.29 is 14.6 Å². The zero-order chi connectivity index (χ0) is 17.2. The van der Waals surface area contributed by atoms with Crippen molar-refractivity contribution in [1.29, 1.82) is 0 Å². The molecule has 0 spiro atoms. The number of ether oxygens (including phenoxy) is 1. The smallest absolute Gasteiger partial charge is 0.264 e. The van der Waals surface area contributed by atoms with Crippen molar-refractivity contribution in [3.8, 4) is 11.5 Å². The molecule has 4 rings (SSSR count). The van der Waals surface area contributed by atoms with Gasteiger partial charge in [-0.2, -0.15) is 0 Å². The van der Waals surface area contributed by atoms with Crippen molar-refractivity contribution in [2.75, 3.05) is 18.8 Å². The van der Waals surface area contributed by atoms with Crippen molar-refractivity contribution in [3.63, 3.8) is 0 Å². The van der Waals surface area contributed by atoms with E-state index >= 15 is 0 Å². The molecule has 1 atom stereocenters. The van der Waals surface area contributed by atoms with Gasteiger partial charge in [-0.1, -0.05) is 24.3 Å². The molecule has 4 nitrogen and oxygen atoms in total. The lowest BCUT2D eigenvalue weighted by Gasteiger charge is -2.35. The Hall–Kier alpha value is -2.14. The molecule has 2 aliphatic heterocycles. The predicted molar refractivity (Wildman–Crippen MR) is 98.2 cm³/mol. The van der Waals surface area contributed by atoms with Gasteiger partial charge in [0.2, 0.25) is 0 Å². The first-order valence-corrected chi connectivity index (χ1v) is 9.65. The number of thioether (sulfide) groups is 1. The zero-order valence-corrected chi connectivity index (χ0v) is 14.7. The summed E-state index contributed by atoms with van der Waals surface area (Å²) in [6.07, 6.45) is 1.52. The molecule has 1 N–H and O–H groups in total. The highest BCUT2D eigenvalue weighted by Crippen LogP contribution is 2.36. The SMILES string of the molecule is O=C([C@H]1CSc2ccccc2O1)N1CCC(c2ccc(O)cc2)CC1. The Morgan fingerprint density at radius 1 is 1.08 bits per heavy atom. The van der Waals surface area contributed by atoms with E-state index in [1.807, 2.05) is 41.3 Å². The molecule has 0 aliphatic carbocycles. The van der Waals surface area contributed by atoms with Gasteiger partial charge in [0.1, 0.15) is 11.5 Å². The van der Waals surface area contributed by atoms with Gasteiger partial charge in [0.15, 0.2) is 6.10 Å². The van der Waals surface area contributed by atoms with Crippen LogP contribution in [0.2, 0.25) is 0 Å². The minimum absolute atomic E-state index is 0.103. The molecule has 2 aromatic rings. The molecule has 5 heteroatoms. The van der Waals surface area contributed by atoms with E-state index in [9.17, 15) is 9.90 Å². The van der Waals surface area contributed by atoms with Crippen molar-refractivity contribution in [1.82, 2.24) is 4.90 Å². The summed E-state index contributed by atoms with van der Waals surface area (Å²) in [5, 5.41) is 9.42. The van der Waals surface area contributed by atoms with Crippen LogP contribution in [0.1, 0.15) is 24.3 Å². The molecule has 0 aromatic heterocycles. The summed E-state index contributed by atoms with van der Waals surface area (Å²) >= 11 is 1.69. The van der Waals surface area contributed by atoms with E-state index < -0.39 is 0 Å². The van der Waals surface area contributed by atoms with Gasteiger partial charge < -0.3 is 14.7 Å². The molecule has 1 fully saturated rings. The number of carbonyl (C=O) groups excluding carboxylic acids is 1. The fourth-order valence-corrected chi connectivity index (χ4v) is 4.50. The van der Waals surface area contributed by atoms with Crippen molar-refractivity contribution >= 4 is 17.7 Å². The van der Waals surface area contributed by atoms with Crippen molar-refractivity contribution in [2.24, 2.45) is 0 Å². The van der Waals surface area contributed by atoms with Gasteiger partial charge in [-0.05, 0) is 48.6 Å². The van der Waals surface area contributed by atoms with E-state index in [0.29, 0.717) is 17.4 Å². The molecule has 0 saturated carbocycles. The van der Waals surface area contributed by atoms with E-state index in [0.717, 1.165) is 36.6 Å². The van der Waals surface area contributed by atoms with Crippen molar-refractivity contribution in [3.05, 3.63) is 54.1 Å². The van der Waals surface area contributed by atoms with Gasteiger partial charge in [0.25, 0.3) is 5.91 Å². The molecule has 0 radical (unpaired) electrons. The normalized spacial score (nSPS) is 20.6. The van der Waals surface area contributed by atoms with Gasteiger partial charge >= 0.3 is 0 Å². The molecule has 1 saturated heterocycles. The number of phenols is 1. The molecule has 0 bridgehead atoms. The molecule has 130 valence electrons. The Bertz CT molecular complexity index is 754. The van der Waals surface area contributed by atoms with Gasteiger partial charge in [-0.3, -0.25) is 4.79 Å². The number of phenolic OH excluding ortho intramolecular Hbond substituents is 1. The summed E-state index contributed by atoms with van der Waals surface area (Å²) in [7, 11) is 0. The third kappa shape index (κ3) is 3.47. The summed E-state index contributed by atoms with van der Waals surface area (Å²) in [6.45, 7) is 1.52. The molecule has 1 amide bonds. The second-order valence-electron chi connectivity index (χ2n) is 6.56. The summed E-state index contributed by atoms with van der Waals surface area (Å²) in [6, 6.07) is 15.3. The van der Waals surface area contributed by atoms with Crippen LogP contribution in [0.15, 0.2) is 53.4 Å². The van der Waals surface area contributed by atoms with Crippen LogP contribution in [-0.2, 0) is 4.79 Å². The van der Waals surface area contributed by atoms with E-state index in [-0.39, 0.29) is 12.0 Å². The minimum Gasteiger partial charge on any atom is -0.508 e.